The van der Waals surface area contributed by atoms with E-state index in [0.717, 1.165) is 68.4 Å². The number of rotatable bonds is 11. The lowest BCUT2D eigenvalue weighted by Gasteiger charge is -2.43. The largest absolute Gasteiger partial charge is 0.348 e. The van der Waals surface area contributed by atoms with E-state index in [1.807, 2.05) is 30.3 Å². The highest BCUT2D eigenvalue weighted by Crippen LogP contribution is 2.30. The Hall–Kier alpha value is -3.16. The van der Waals surface area contributed by atoms with Gasteiger partial charge in [-0.25, -0.2) is 0 Å². The molecular formula is C36H40Cl2N4O2. The average molecular weight is 632 g/mol. The predicted octanol–water partition coefficient (Wildman–Crippen LogP) is 7.25. The summed E-state index contributed by atoms with van der Waals surface area (Å²) in [6.45, 7) is 6.85. The first-order chi connectivity index (χ1) is 21.4. The Morgan fingerprint density at radius 1 is 0.886 bits per heavy atom. The maximum Gasteiger partial charge on any atom is 0.253 e. The Labute approximate surface area is 269 Å². The first-order valence-electron chi connectivity index (χ1n) is 15.8. The van der Waals surface area contributed by atoms with Gasteiger partial charge in [0.2, 0.25) is 0 Å². The van der Waals surface area contributed by atoms with Crippen molar-refractivity contribution in [1.82, 2.24) is 19.7 Å². The second kappa shape index (κ2) is 13.9. The number of halogens is 2. The number of aryl methyl sites for hydroxylation is 2. The third kappa shape index (κ3) is 6.74. The Kier molecular flexibility index (Phi) is 9.72. The SMILES string of the molecule is CCc1cccc2c(C(=O)NCc3ccccc3)cn(CCCN3CC4CCCC3CN4CC(=O)c3ccc(Cl)c(Cl)c3)c12. The van der Waals surface area contributed by atoms with E-state index in [0.29, 0.717) is 40.8 Å². The highest BCUT2D eigenvalue weighted by atomic mass is 35.5. The lowest BCUT2D eigenvalue weighted by Crippen LogP contribution is -2.57. The maximum absolute atomic E-state index is 13.3. The first kappa shape index (κ1) is 30.8. The molecule has 3 aromatic carbocycles. The van der Waals surface area contributed by atoms with Gasteiger partial charge in [0.25, 0.3) is 5.91 Å². The summed E-state index contributed by atoms with van der Waals surface area (Å²) in [6.07, 6.45) is 7.43. The number of ketones is 1. The molecule has 0 aliphatic carbocycles. The van der Waals surface area contributed by atoms with Crippen LogP contribution in [0.5, 0.6) is 0 Å². The molecule has 1 N–H and O–H groups in total. The van der Waals surface area contributed by atoms with Crippen LogP contribution in [0.1, 0.15) is 64.4 Å². The normalized spacial score (nSPS) is 18.9. The molecule has 3 aliphatic rings. The molecule has 4 aromatic rings. The van der Waals surface area contributed by atoms with E-state index in [4.69, 9.17) is 23.2 Å². The van der Waals surface area contributed by atoms with E-state index in [2.05, 4.69) is 51.0 Å². The fourth-order valence-corrected chi connectivity index (χ4v) is 7.32. The van der Waals surface area contributed by atoms with Gasteiger partial charge >= 0.3 is 0 Å². The molecule has 8 heteroatoms. The minimum Gasteiger partial charge on any atom is -0.348 e. The van der Waals surface area contributed by atoms with E-state index >= 15 is 0 Å². The molecule has 7 rings (SSSR count). The first-order valence-corrected chi connectivity index (χ1v) is 16.6. The van der Waals surface area contributed by atoms with Crippen molar-refractivity contribution in [3.8, 4) is 0 Å². The zero-order valence-electron chi connectivity index (χ0n) is 25.3. The van der Waals surface area contributed by atoms with Crippen LogP contribution in [0.4, 0.5) is 0 Å². The molecule has 2 unspecified atom stereocenters. The van der Waals surface area contributed by atoms with Crippen LogP contribution in [-0.2, 0) is 19.5 Å². The number of hydrogen-bond donors (Lipinski definition) is 1. The fourth-order valence-electron chi connectivity index (χ4n) is 7.02. The molecule has 4 heterocycles. The third-order valence-corrected chi connectivity index (χ3v) is 10.1. The van der Waals surface area contributed by atoms with Gasteiger partial charge in [0.05, 0.1) is 27.7 Å². The number of piperazine rings is 1. The van der Waals surface area contributed by atoms with Crippen LogP contribution in [0.3, 0.4) is 0 Å². The molecule has 6 nitrogen and oxygen atoms in total. The minimum absolute atomic E-state index is 0.0359. The molecule has 2 atom stereocenters. The molecule has 1 amide bonds. The summed E-state index contributed by atoms with van der Waals surface area (Å²) >= 11 is 12.2. The van der Waals surface area contributed by atoms with Gasteiger partial charge in [0, 0.05) is 62.0 Å². The summed E-state index contributed by atoms with van der Waals surface area (Å²) in [5.74, 6) is 0.0590. The number of amides is 1. The minimum atomic E-state index is -0.0359. The smallest absolute Gasteiger partial charge is 0.253 e. The van der Waals surface area contributed by atoms with Gasteiger partial charge in [0.15, 0.2) is 5.78 Å². The van der Waals surface area contributed by atoms with E-state index in [1.54, 1.807) is 18.2 Å². The summed E-state index contributed by atoms with van der Waals surface area (Å²) in [5, 5.41) is 5.03. The van der Waals surface area contributed by atoms with Gasteiger partial charge in [-0.3, -0.25) is 19.4 Å². The predicted molar refractivity (Wildman–Crippen MR) is 179 cm³/mol. The molecular weight excluding hydrogens is 591 g/mol. The summed E-state index contributed by atoms with van der Waals surface area (Å²) in [4.78, 5) is 31.5. The number of nitrogens with one attached hydrogen (secondary N) is 1. The Morgan fingerprint density at radius 2 is 1.66 bits per heavy atom. The van der Waals surface area contributed by atoms with Crippen molar-refractivity contribution in [1.29, 1.82) is 0 Å². The molecule has 0 radical (unpaired) electrons. The standard InChI is InChI=1S/C36H40Cl2N4O2/c1-2-26-11-6-14-30-31(36(44)39-20-25-9-4-3-5-10-25)23-41(35(26)30)18-8-17-40-21-29-13-7-12-28(40)22-42(29)24-34(43)27-15-16-32(37)33(38)19-27/h3-6,9-11,14-16,19,23,28-29H,2,7-8,12-13,17-18,20-22,24H2,1H3,(H,39,44). The van der Waals surface area contributed by atoms with Crippen LogP contribution in [0.2, 0.25) is 10.0 Å². The number of aromatic nitrogens is 1. The summed E-state index contributed by atoms with van der Waals surface area (Å²) in [7, 11) is 0. The summed E-state index contributed by atoms with van der Waals surface area (Å²) < 4.78 is 2.30. The molecule has 1 aromatic heterocycles. The van der Waals surface area contributed by atoms with Crippen LogP contribution < -0.4 is 5.32 Å². The molecule has 3 fully saturated rings. The highest BCUT2D eigenvalue weighted by molar-refractivity contribution is 6.42. The monoisotopic (exact) mass is 630 g/mol. The number of benzene rings is 3. The van der Waals surface area contributed by atoms with Crippen molar-refractivity contribution < 1.29 is 9.59 Å². The second-order valence-electron chi connectivity index (χ2n) is 12.1. The number of Topliss-reactive ketones (excluding diaryl/α,β-unsaturated/α-hetero) is 1. The molecule has 44 heavy (non-hydrogen) atoms. The van der Waals surface area contributed by atoms with Crippen LogP contribution in [-0.4, -0.2) is 64.3 Å². The molecule has 0 spiro atoms. The molecule has 230 valence electrons. The quantitative estimate of drug-likeness (QED) is 0.177. The van der Waals surface area contributed by atoms with Gasteiger partial charge in [0.1, 0.15) is 0 Å². The Morgan fingerprint density at radius 3 is 2.43 bits per heavy atom. The summed E-state index contributed by atoms with van der Waals surface area (Å²) in [5.41, 5.74) is 4.88. The Bertz CT molecular complexity index is 1640. The van der Waals surface area contributed by atoms with Crippen molar-refractivity contribution in [3.63, 3.8) is 0 Å². The molecule has 2 bridgehead atoms. The lowest BCUT2D eigenvalue weighted by molar-refractivity contribution is 0.0397. The molecule has 3 saturated heterocycles. The van der Waals surface area contributed by atoms with Gasteiger partial charge in [-0.1, -0.05) is 85.1 Å². The van der Waals surface area contributed by atoms with E-state index < -0.39 is 0 Å². The zero-order chi connectivity index (χ0) is 30.6. The number of carbonyl (C=O) groups is 2. The molecule has 0 saturated carbocycles. The topological polar surface area (TPSA) is 57.6 Å². The third-order valence-electron chi connectivity index (χ3n) is 9.33. The van der Waals surface area contributed by atoms with E-state index in [1.165, 1.54) is 17.5 Å². The van der Waals surface area contributed by atoms with Gasteiger partial charge < -0.3 is 9.88 Å². The highest BCUT2D eigenvalue weighted by Gasteiger charge is 2.37. The van der Waals surface area contributed by atoms with E-state index in [9.17, 15) is 9.59 Å². The number of para-hydroxylation sites is 1. The van der Waals surface area contributed by atoms with Crippen LogP contribution in [0.25, 0.3) is 10.9 Å². The van der Waals surface area contributed by atoms with Crippen molar-refractivity contribution in [3.05, 3.63) is 105 Å². The number of hydrogen-bond acceptors (Lipinski definition) is 4. The van der Waals surface area contributed by atoms with Crippen LogP contribution in [0, 0.1) is 0 Å². The second-order valence-corrected chi connectivity index (χ2v) is 13.0. The van der Waals surface area contributed by atoms with Gasteiger partial charge in [-0.2, -0.15) is 0 Å². The van der Waals surface area contributed by atoms with E-state index in [-0.39, 0.29) is 11.7 Å². The Balaban J connectivity index is 1.10. The van der Waals surface area contributed by atoms with Crippen molar-refractivity contribution >= 4 is 45.8 Å². The van der Waals surface area contributed by atoms with Crippen molar-refractivity contribution in [2.45, 2.75) is 64.2 Å². The fraction of sp³-hybridized carbons (Fsp3) is 0.389. The zero-order valence-corrected chi connectivity index (χ0v) is 26.8. The lowest BCUT2D eigenvalue weighted by atomic mass is 10.1. The maximum atomic E-state index is 13.3. The summed E-state index contributed by atoms with van der Waals surface area (Å²) in [6, 6.07) is 22.3. The van der Waals surface area contributed by atoms with Crippen LogP contribution in [0.15, 0.2) is 72.9 Å². The van der Waals surface area contributed by atoms with Crippen molar-refractivity contribution in [2.75, 3.05) is 26.2 Å². The molecule has 3 aliphatic heterocycles. The van der Waals surface area contributed by atoms with Crippen molar-refractivity contribution in [2.24, 2.45) is 0 Å². The number of nitrogens with zero attached hydrogens (tertiary/aromatic N) is 3. The number of carbonyl (C=O) groups excluding carboxylic acids is 2. The van der Waals surface area contributed by atoms with Gasteiger partial charge in [-0.15, -0.1) is 0 Å². The average Bonchev–Trinajstić information content (AvgIpc) is 3.15. The van der Waals surface area contributed by atoms with Crippen LogP contribution >= 0.6 is 23.2 Å². The van der Waals surface area contributed by atoms with Gasteiger partial charge in [-0.05, 0) is 55.0 Å². The number of fused-ring (bicyclic) bond motifs is 5.